The highest BCUT2D eigenvalue weighted by molar-refractivity contribution is 7.92. The fourth-order valence-corrected chi connectivity index (χ4v) is 4.42. The van der Waals surface area contributed by atoms with E-state index in [0.717, 1.165) is 0 Å². The van der Waals surface area contributed by atoms with Crippen LogP contribution in [-0.4, -0.2) is 37.6 Å². The number of likely N-dealkylation sites (tertiary alicyclic amines) is 1. The molecular formula is C16H13Cl2NO3S. The molecule has 0 aliphatic carbocycles. The summed E-state index contributed by atoms with van der Waals surface area (Å²) in [7, 11) is -3.46. The molecule has 4 nitrogen and oxygen atoms in total. The summed E-state index contributed by atoms with van der Waals surface area (Å²) in [5.74, 6) is -0.252. The molecule has 1 amide bonds. The molecule has 2 aromatic carbocycles. The van der Waals surface area contributed by atoms with Gasteiger partial charge in [0.05, 0.1) is 15.5 Å². The van der Waals surface area contributed by atoms with E-state index >= 15 is 0 Å². The summed E-state index contributed by atoms with van der Waals surface area (Å²) >= 11 is 11.8. The average Bonchev–Trinajstić information content (AvgIpc) is 2.46. The lowest BCUT2D eigenvalue weighted by Gasteiger charge is -2.38. The lowest BCUT2D eigenvalue weighted by atomic mass is 10.1. The maximum atomic E-state index is 12.5. The summed E-state index contributed by atoms with van der Waals surface area (Å²) in [6, 6.07) is 12.8. The van der Waals surface area contributed by atoms with Crippen molar-refractivity contribution in [1.82, 2.24) is 4.90 Å². The molecule has 1 saturated heterocycles. The van der Waals surface area contributed by atoms with Crippen LogP contribution in [0.2, 0.25) is 10.0 Å². The zero-order chi connectivity index (χ0) is 16.6. The predicted molar refractivity (Wildman–Crippen MR) is 89.8 cm³/mol. The Morgan fingerprint density at radius 3 is 2.22 bits per heavy atom. The van der Waals surface area contributed by atoms with E-state index in [1.165, 1.54) is 17.0 Å². The first-order valence-corrected chi connectivity index (χ1v) is 9.23. The highest BCUT2D eigenvalue weighted by Crippen LogP contribution is 2.27. The second-order valence-electron chi connectivity index (χ2n) is 5.31. The van der Waals surface area contributed by atoms with Gasteiger partial charge in [-0.3, -0.25) is 4.79 Å². The Balaban J connectivity index is 1.72. The van der Waals surface area contributed by atoms with E-state index in [1.807, 2.05) is 0 Å². The molecule has 2 aromatic rings. The molecule has 0 spiro atoms. The van der Waals surface area contributed by atoms with Gasteiger partial charge in [0, 0.05) is 18.1 Å². The van der Waals surface area contributed by atoms with Crippen molar-refractivity contribution in [2.45, 2.75) is 10.1 Å². The van der Waals surface area contributed by atoms with E-state index in [2.05, 4.69) is 0 Å². The molecular weight excluding hydrogens is 357 g/mol. The third-order valence-corrected chi connectivity index (χ3v) is 6.51. The number of benzene rings is 2. The van der Waals surface area contributed by atoms with Crippen molar-refractivity contribution >= 4 is 38.9 Å². The Hall–Kier alpha value is -1.56. The van der Waals surface area contributed by atoms with E-state index in [4.69, 9.17) is 23.2 Å². The van der Waals surface area contributed by atoms with Crippen molar-refractivity contribution in [1.29, 1.82) is 0 Å². The molecule has 0 N–H and O–H groups in total. The van der Waals surface area contributed by atoms with Gasteiger partial charge >= 0.3 is 0 Å². The van der Waals surface area contributed by atoms with Crippen molar-refractivity contribution in [3.63, 3.8) is 0 Å². The Bertz CT molecular complexity index is 844. The Morgan fingerprint density at radius 1 is 1.00 bits per heavy atom. The van der Waals surface area contributed by atoms with Crippen LogP contribution in [0.3, 0.4) is 0 Å². The predicted octanol–water partition coefficient (Wildman–Crippen LogP) is 3.29. The van der Waals surface area contributed by atoms with Crippen LogP contribution in [0.25, 0.3) is 0 Å². The topological polar surface area (TPSA) is 54.5 Å². The van der Waals surface area contributed by atoms with Crippen LogP contribution >= 0.6 is 23.2 Å². The van der Waals surface area contributed by atoms with Gasteiger partial charge in [0.25, 0.3) is 5.91 Å². The lowest BCUT2D eigenvalue weighted by molar-refractivity contribution is 0.0659. The molecule has 0 radical (unpaired) electrons. The van der Waals surface area contributed by atoms with Crippen LogP contribution in [0.5, 0.6) is 0 Å². The van der Waals surface area contributed by atoms with Crippen molar-refractivity contribution in [3.05, 3.63) is 64.1 Å². The van der Waals surface area contributed by atoms with Crippen LogP contribution in [0.1, 0.15) is 10.4 Å². The summed E-state index contributed by atoms with van der Waals surface area (Å²) in [4.78, 5) is 14.0. The Kier molecular flexibility index (Phi) is 4.36. The maximum absolute atomic E-state index is 12.5. The normalized spacial score (nSPS) is 15.3. The summed E-state index contributed by atoms with van der Waals surface area (Å²) in [6.45, 7) is 0.323. The van der Waals surface area contributed by atoms with Crippen molar-refractivity contribution in [2.75, 3.05) is 13.1 Å². The molecule has 23 heavy (non-hydrogen) atoms. The largest absolute Gasteiger partial charge is 0.336 e. The van der Waals surface area contributed by atoms with E-state index < -0.39 is 15.1 Å². The Morgan fingerprint density at radius 2 is 1.61 bits per heavy atom. The number of halogens is 2. The minimum Gasteiger partial charge on any atom is -0.336 e. The van der Waals surface area contributed by atoms with Crippen LogP contribution in [0, 0.1) is 0 Å². The molecule has 0 saturated carbocycles. The fraction of sp³-hybridized carbons (Fsp3) is 0.188. The minimum atomic E-state index is -3.46. The smallest absolute Gasteiger partial charge is 0.255 e. The quantitative estimate of drug-likeness (QED) is 0.833. The van der Waals surface area contributed by atoms with Gasteiger partial charge in [-0.2, -0.15) is 0 Å². The highest BCUT2D eigenvalue weighted by Gasteiger charge is 2.41. The number of carbonyl (C=O) groups is 1. The minimum absolute atomic E-state index is 0.162. The SMILES string of the molecule is O=C(c1ccccc1Cl)N1CC(S(=O)(=O)c2ccc(Cl)cc2)C1. The number of hydrogen-bond donors (Lipinski definition) is 0. The molecule has 1 aliphatic rings. The first kappa shape index (κ1) is 16.3. The first-order chi connectivity index (χ1) is 10.9. The summed E-state index contributed by atoms with van der Waals surface area (Å²) < 4.78 is 25.0. The second-order valence-corrected chi connectivity index (χ2v) is 8.38. The number of nitrogens with zero attached hydrogens (tertiary/aromatic N) is 1. The molecule has 120 valence electrons. The zero-order valence-corrected chi connectivity index (χ0v) is 14.3. The summed E-state index contributed by atoms with van der Waals surface area (Å²) in [5.41, 5.74) is 0.386. The number of hydrogen-bond acceptors (Lipinski definition) is 3. The van der Waals surface area contributed by atoms with E-state index in [9.17, 15) is 13.2 Å². The monoisotopic (exact) mass is 369 g/mol. The number of sulfone groups is 1. The molecule has 0 aromatic heterocycles. The molecule has 7 heteroatoms. The van der Waals surface area contributed by atoms with Crippen LogP contribution in [0.15, 0.2) is 53.4 Å². The molecule has 0 unspecified atom stereocenters. The standard InChI is InChI=1S/C16H13Cl2NO3S/c17-11-5-7-12(8-6-11)23(21,22)13-9-19(10-13)16(20)14-3-1-2-4-15(14)18/h1-8,13H,9-10H2. The fourth-order valence-electron chi connectivity index (χ4n) is 2.42. The van der Waals surface area contributed by atoms with Crippen molar-refractivity contribution in [3.8, 4) is 0 Å². The average molecular weight is 370 g/mol. The van der Waals surface area contributed by atoms with Gasteiger partial charge in [-0.1, -0.05) is 35.3 Å². The molecule has 1 aliphatic heterocycles. The molecule has 0 atom stereocenters. The Labute approximate surface area is 144 Å². The summed E-state index contributed by atoms with van der Waals surface area (Å²) in [6.07, 6.45) is 0. The third kappa shape index (κ3) is 3.09. The van der Waals surface area contributed by atoms with E-state index in [1.54, 1.807) is 36.4 Å². The van der Waals surface area contributed by atoms with Crippen LogP contribution in [0.4, 0.5) is 0 Å². The highest BCUT2D eigenvalue weighted by atomic mass is 35.5. The maximum Gasteiger partial charge on any atom is 0.255 e. The number of rotatable bonds is 3. The number of carbonyl (C=O) groups excluding carboxylic acids is 1. The van der Waals surface area contributed by atoms with Gasteiger partial charge in [0.15, 0.2) is 9.84 Å². The molecule has 1 heterocycles. The van der Waals surface area contributed by atoms with E-state index in [-0.39, 0.29) is 23.9 Å². The third-order valence-electron chi connectivity index (χ3n) is 3.82. The van der Waals surface area contributed by atoms with Crippen molar-refractivity contribution < 1.29 is 13.2 Å². The van der Waals surface area contributed by atoms with Gasteiger partial charge in [-0.15, -0.1) is 0 Å². The summed E-state index contributed by atoms with van der Waals surface area (Å²) in [5, 5.41) is 0.240. The van der Waals surface area contributed by atoms with Crippen molar-refractivity contribution in [2.24, 2.45) is 0 Å². The lowest BCUT2D eigenvalue weighted by Crippen LogP contribution is -2.56. The van der Waals surface area contributed by atoms with Gasteiger partial charge < -0.3 is 4.90 Å². The van der Waals surface area contributed by atoms with Crippen LogP contribution < -0.4 is 0 Å². The second kappa shape index (κ2) is 6.15. The van der Waals surface area contributed by atoms with Crippen LogP contribution in [-0.2, 0) is 9.84 Å². The molecule has 0 bridgehead atoms. The molecule has 1 fully saturated rings. The van der Waals surface area contributed by atoms with Gasteiger partial charge in [-0.05, 0) is 36.4 Å². The number of amides is 1. The zero-order valence-electron chi connectivity index (χ0n) is 11.9. The van der Waals surface area contributed by atoms with Gasteiger partial charge in [0.2, 0.25) is 0 Å². The van der Waals surface area contributed by atoms with E-state index in [0.29, 0.717) is 15.6 Å². The first-order valence-electron chi connectivity index (χ1n) is 6.93. The van der Waals surface area contributed by atoms with Gasteiger partial charge in [0.1, 0.15) is 5.25 Å². The molecule has 3 rings (SSSR count). The van der Waals surface area contributed by atoms with Gasteiger partial charge in [-0.25, -0.2) is 8.42 Å².